The molecule has 0 saturated carbocycles. The summed E-state index contributed by atoms with van der Waals surface area (Å²) in [4.78, 5) is 16.8. The number of aromatic hydroxyl groups is 1. The van der Waals surface area contributed by atoms with Crippen LogP contribution in [0, 0.1) is 24.1 Å². The Bertz CT molecular complexity index is 1820. The van der Waals surface area contributed by atoms with Gasteiger partial charge in [-0.3, -0.25) is 14.5 Å². The Labute approximate surface area is 209 Å². The van der Waals surface area contributed by atoms with Crippen LogP contribution in [0.25, 0.3) is 44.1 Å². The van der Waals surface area contributed by atoms with Crippen LogP contribution in [0.2, 0.25) is 0 Å². The van der Waals surface area contributed by atoms with Crippen LogP contribution in [0.15, 0.2) is 35.4 Å². The summed E-state index contributed by atoms with van der Waals surface area (Å²) in [5.41, 5.74) is 7.86. The third-order valence-corrected chi connectivity index (χ3v) is 6.34. The lowest BCUT2D eigenvalue weighted by Gasteiger charge is -2.16. The zero-order valence-corrected chi connectivity index (χ0v) is 20.3. The molecule has 0 unspecified atom stereocenters. The number of hydrogen-bond donors (Lipinski definition) is 3. The van der Waals surface area contributed by atoms with Gasteiger partial charge in [-0.05, 0) is 43.2 Å². The van der Waals surface area contributed by atoms with E-state index in [1.165, 1.54) is 16.9 Å². The van der Waals surface area contributed by atoms with Gasteiger partial charge in [0.15, 0.2) is 0 Å². The highest BCUT2D eigenvalue weighted by molar-refractivity contribution is 5.99. The van der Waals surface area contributed by atoms with E-state index in [9.17, 15) is 15.2 Å². The van der Waals surface area contributed by atoms with Crippen LogP contribution >= 0.6 is 0 Å². The van der Waals surface area contributed by atoms with E-state index in [2.05, 4.69) is 26.3 Å². The Hall–Kier alpha value is -4.82. The standard InChI is InChI=1S/C26H22FN7O3/c1-4-37-20-6-13(5-16-19(9-29)32-33-26(36)21(16)20)18-11-31-34(3)25(18)22-17(8-28)24-15(12(2)23(22)27)7-14(35)10-30-24/h5-7,10-11,35H,4,9,29H2,1-3H3,(H,33,36). The summed E-state index contributed by atoms with van der Waals surface area (Å²) < 4.78 is 23.2. The van der Waals surface area contributed by atoms with Gasteiger partial charge in [0.1, 0.15) is 23.4 Å². The molecule has 0 spiro atoms. The zero-order chi connectivity index (χ0) is 26.4. The fourth-order valence-electron chi connectivity index (χ4n) is 4.64. The molecule has 0 aliphatic rings. The second-order valence-corrected chi connectivity index (χ2v) is 8.45. The first-order valence-electron chi connectivity index (χ1n) is 11.4. The van der Waals surface area contributed by atoms with E-state index < -0.39 is 11.4 Å². The molecule has 0 saturated heterocycles. The molecule has 5 aromatic rings. The van der Waals surface area contributed by atoms with Crippen molar-refractivity contribution in [1.82, 2.24) is 25.0 Å². The van der Waals surface area contributed by atoms with Crippen molar-refractivity contribution in [3.8, 4) is 40.0 Å². The van der Waals surface area contributed by atoms with E-state index in [-0.39, 0.29) is 34.5 Å². The van der Waals surface area contributed by atoms with Gasteiger partial charge >= 0.3 is 0 Å². The highest BCUT2D eigenvalue weighted by Crippen LogP contribution is 2.41. The Morgan fingerprint density at radius 3 is 2.76 bits per heavy atom. The number of H-pyrrole nitrogens is 1. The van der Waals surface area contributed by atoms with E-state index >= 15 is 4.39 Å². The maximum absolute atomic E-state index is 16.0. The van der Waals surface area contributed by atoms with Gasteiger partial charge in [0.2, 0.25) is 0 Å². The summed E-state index contributed by atoms with van der Waals surface area (Å²) in [6.45, 7) is 3.73. The van der Waals surface area contributed by atoms with Crippen molar-refractivity contribution in [3.05, 3.63) is 63.6 Å². The number of nitrogens with one attached hydrogen (secondary N) is 1. The van der Waals surface area contributed by atoms with Crippen LogP contribution in [0.5, 0.6) is 11.5 Å². The molecule has 5 rings (SSSR count). The number of halogens is 1. The van der Waals surface area contributed by atoms with Crippen molar-refractivity contribution < 1.29 is 14.2 Å². The highest BCUT2D eigenvalue weighted by Gasteiger charge is 2.26. The van der Waals surface area contributed by atoms with Gasteiger partial charge in [0, 0.05) is 29.9 Å². The van der Waals surface area contributed by atoms with Gasteiger partial charge in [-0.15, -0.1) is 0 Å². The third kappa shape index (κ3) is 3.66. The molecule has 0 amide bonds. The van der Waals surface area contributed by atoms with Crippen LogP contribution in [0.3, 0.4) is 0 Å². The van der Waals surface area contributed by atoms with Crippen molar-refractivity contribution in [2.45, 2.75) is 20.4 Å². The summed E-state index contributed by atoms with van der Waals surface area (Å²) in [5, 5.41) is 32.0. The molecule has 186 valence electrons. The SMILES string of the molecule is CCOc1cc(-c2cnn(C)c2-c2c(F)c(C)c3cc(O)cnc3c2C#N)cc2c(CN)n[nH]c(=O)c12. The minimum Gasteiger partial charge on any atom is -0.506 e. The van der Waals surface area contributed by atoms with Gasteiger partial charge in [-0.25, -0.2) is 9.49 Å². The highest BCUT2D eigenvalue weighted by atomic mass is 19.1. The molecule has 11 heteroatoms. The molecule has 3 heterocycles. The van der Waals surface area contributed by atoms with E-state index in [0.29, 0.717) is 51.0 Å². The van der Waals surface area contributed by atoms with Crippen LogP contribution in [-0.4, -0.2) is 36.7 Å². The Balaban J connectivity index is 1.88. The van der Waals surface area contributed by atoms with Gasteiger partial charge < -0.3 is 15.6 Å². The Morgan fingerprint density at radius 1 is 1.27 bits per heavy atom. The first-order chi connectivity index (χ1) is 17.8. The summed E-state index contributed by atoms with van der Waals surface area (Å²) in [6, 6.07) is 6.88. The molecule has 0 bridgehead atoms. The van der Waals surface area contributed by atoms with E-state index in [1.807, 2.05) is 0 Å². The molecule has 37 heavy (non-hydrogen) atoms. The first-order valence-corrected chi connectivity index (χ1v) is 11.4. The average Bonchev–Trinajstić information content (AvgIpc) is 3.27. The number of rotatable bonds is 5. The fourth-order valence-corrected chi connectivity index (χ4v) is 4.64. The molecule has 0 aliphatic heterocycles. The molecule has 10 nitrogen and oxygen atoms in total. The van der Waals surface area contributed by atoms with Gasteiger partial charge in [-0.2, -0.15) is 15.5 Å². The van der Waals surface area contributed by atoms with Crippen LogP contribution < -0.4 is 16.0 Å². The Kier molecular flexibility index (Phi) is 5.81. The molecule has 0 fully saturated rings. The third-order valence-electron chi connectivity index (χ3n) is 6.34. The van der Waals surface area contributed by atoms with E-state index in [1.54, 1.807) is 39.2 Å². The summed E-state index contributed by atoms with van der Waals surface area (Å²) in [6.07, 6.45) is 2.77. The average molecular weight is 500 g/mol. The second kappa shape index (κ2) is 9.00. The predicted octanol–water partition coefficient (Wildman–Crippen LogP) is 3.42. The number of ether oxygens (including phenoxy) is 1. The van der Waals surface area contributed by atoms with E-state index in [0.717, 1.165) is 0 Å². The Morgan fingerprint density at radius 2 is 2.05 bits per heavy atom. The maximum Gasteiger partial charge on any atom is 0.275 e. The minimum atomic E-state index is -0.632. The zero-order valence-electron chi connectivity index (χ0n) is 20.3. The first kappa shape index (κ1) is 23.9. The lowest BCUT2D eigenvalue weighted by Crippen LogP contribution is -2.14. The number of hydrogen-bond acceptors (Lipinski definition) is 8. The number of aromatic amines is 1. The number of benzene rings is 2. The molecule has 4 N–H and O–H groups in total. The van der Waals surface area contributed by atoms with Gasteiger partial charge in [0.25, 0.3) is 5.56 Å². The monoisotopic (exact) mass is 499 g/mol. The van der Waals surface area contributed by atoms with Crippen LogP contribution in [0.1, 0.15) is 23.7 Å². The normalized spacial score (nSPS) is 11.2. The van der Waals surface area contributed by atoms with Crippen molar-refractivity contribution in [2.24, 2.45) is 12.8 Å². The van der Waals surface area contributed by atoms with Crippen molar-refractivity contribution in [3.63, 3.8) is 0 Å². The lowest BCUT2D eigenvalue weighted by molar-refractivity contribution is 0.344. The maximum atomic E-state index is 16.0. The summed E-state index contributed by atoms with van der Waals surface area (Å²) >= 11 is 0. The number of nitrogens with two attached hydrogens (primary N) is 1. The van der Waals surface area contributed by atoms with Crippen molar-refractivity contribution in [2.75, 3.05) is 6.61 Å². The molecule has 0 atom stereocenters. The van der Waals surface area contributed by atoms with E-state index in [4.69, 9.17) is 10.5 Å². The minimum absolute atomic E-state index is 0.00882. The number of aromatic nitrogens is 5. The fraction of sp³-hybridized carbons (Fsp3) is 0.192. The molecule has 0 radical (unpaired) electrons. The number of nitriles is 1. The van der Waals surface area contributed by atoms with Crippen molar-refractivity contribution >= 4 is 21.7 Å². The van der Waals surface area contributed by atoms with Crippen LogP contribution in [-0.2, 0) is 13.6 Å². The molecule has 3 aromatic heterocycles. The number of nitrogens with zero attached hydrogens (tertiary/aromatic N) is 5. The number of pyridine rings is 1. The van der Waals surface area contributed by atoms with Gasteiger partial charge in [0.05, 0.1) is 52.4 Å². The largest absolute Gasteiger partial charge is 0.506 e. The number of fused-ring (bicyclic) bond motifs is 2. The quantitative estimate of drug-likeness (QED) is 0.332. The molecule has 0 aliphatic carbocycles. The topological polar surface area (TPSA) is 156 Å². The molecule has 2 aromatic carbocycles. The molecular weight excluding hydrogens is 477 g/mol. The number of aryl methyl sites for hydroxylation is 2. The lowest BCUT2D eigenvalue weighted by atomic mass is 9.92. The molecular formula is C26H22FN7O3. The van der Waals surface area contributed by atoms with Crippen LogP contribution in [0.4, 0.5) is 4.39 Å². The predicted molar refractivity (Wildman–Crippen MR) is 135 cm³/mol. The smallest absolute Gasteiger partial charge is 0.275 e. The summed E-state index contributed by atoms with van der Waals surface area (Å²) in [7, 11) is 1.64. The van der Waals surface area contributed by atoms with Gasteiger partial charge in [-0.1, -0.05) is 0 Å². The van der Waals surface area contributed by atoms with Crippen molar-refractivity contribution in [1.29, 1.82) is 5.26 Å². The summed E-state index contributed by atoms with van der Waals surface area (Å²) in [5.74, 6) is -0.448. The second-order valence-electron chi connectivity index (χ2n) is 8.45.